The minimum absolute atomic E-state index is 0. The molecule has 0 N–H and O–H groups in total. The van der Waals surface area contributed by atoms with Gasteiger partial charge in [0.2, 0.25) is 0 Å². The van der Waals surface area contributed by atoms with Gasteiger partial charge < -0.3 is 4.98 Å². The number of carbonyl (C=O) groups is 2. The van der Waals surface area contributed by atoms with Crippen molar-refractivity contribution in [2.24, 2.45) is 10.8 Å². The van der Waals surface area contributed by atoms with Crippen molar-refractivity contribution in [2.45, 2.75) is 54.9 Å². The molecule has 0 aliphatic rings. The van der Waals surface area contributed by atoms with Crippen LogP contribution in [0.4, 0.5) is 4.39 Å². The molecule has 0 aliphatic heterocycles. The number of fused-ring (bicyclic) bond motifs is 1. The summed E-state index contributed by atoms with van der Waals surface area (Å²) < 4.78 is 13.3. The number of ketones is 2. The number of Topliss-reactive ketones (excluding diaryl/α,β-unsaturated/α-hetero) is 2. The number of aryl methyl sites for hydroxylation is 1. The van der Waals surface area contributed by atoms with E-state index in [4.69, 9.17) is 0 Å². The molecule has 173 valence electrons. The van der Waals surface area contributed by atoms with Crippen molar-refractivity contribution in [1.82, 2.24) is 4.98 Å². The van der Waals surface area contributed by atoms with Crippen LogP contribution in [0.2, 0.25) is 0 Å². The number of hydrogen-bond donors (Lipinski definition) is 0. The number of pyridine rings is 1. The van der Waals surface area contributed by atoms with E-state index in [0.29, 0.717) is 5.56 Å². The molecule has 0 unspecified atom stereocenters. The van der Waals surface area contributed by atoms with Crippen LogP contribution in [0, 0.1) is 29.6 Å². The first-order chi connectivity index (χ1) is 14.3. The van der Waals surface area contributed by atoms with Gasteiger partial charge in [-0.3, -0.25) is 14.0 Å². The Kier molecular flexibility index (Phi) is 9.62. The van der Waals surface area contributed by atoms with E-state index in [9.17, 15) is 14.0 Å². The molecule has 0 atom stereocenters. The summed E-state index contributed by atoms with van der Waals surface area (Å²) in [6, 6.07) is 16.1. The first kappa shape index (κ1) is 27.8. The molecule has 0 aliphatic carbocycles. The molecule has 0 fully saturated rings. The molecule has 0 saturated heterocycles. The van der Waals surface area contributed by atoms with E-state index in [2.05, 4.69) is 11.1 Å². The van der Waals surface area contributed by atoms with Crippen molar-refractivity contribution in [3.63, 3.8) is 0 Å². The van der Waals surface area contributed by atoms with Gasteiger partial charge in [-0.1, -0.05) is 78.3 Å². The van der Waals surface area contributed by atoms with Crippen LogP contribution in [-0.2, 0) is 29.7 Å². The predicted octanol–water partition coefficient (Wildman–Crippen LogP) is 6.75. The molecule has 1 heterocycles. The minimum Gasteiger partial charge on any atom is -0.304 e. The molecule has 2 aromatic carbocycles. The molecular formula is C27H31FIrNO2-. The van der Waals surface area contributed by atoms with Crippen LogP contribution >= 0.6 is 0 Å². The number of rotatable bonds is 3. The number of nitrogens with zero attached hydrogens (tertiary/aromatic N) is 1. The van der Waals surface area contributed by atoms with Gasteiger partial charge in [-0.15, -0.1) is 23.8 Å². The van der Waals surface area contributed by atoms with Gasteiger partial charge in [-0.25, -0.2) is 0 Å². The first-order valence-electron chi connectivity index (χ1n) is 10.4. The monoisotopic (exact) mass is 613 g/mol. The average molecular weight is 613 g/mol. The molecule has 1 aromatic heterocycles. The smallest absolute Gasteiger partial charge is 0.145 e. The standard InChI is InChI=1S/C16H11FN.C11H20O2.Ir/c1-11-10-13(6-7-15(11)17)16-14-5-3-2-4-12(14)8-9-18-16;1-10(2,3)8(12)7-9(13)11(4,5)6;/h2-5,7-10H,1H3;7H2,1-6H3;/q-1;;. The van der Waals surface area contributed by atoms with Crippen molar-refractivity contribution in [2.75, 3.05) is 0 Å². The van der Waals surface area contributed by atoms with E-state index < -0.39 is 10.8 Å². The van der Waals surface area contributed by atoms with Gasteiger partial charge in [-0.2, -0.15) is 0 Å². The Hall–Kier alpha value is -2.23. The summed E-state index contributed by atoms with van der Waals surface area (Å²) in [6.07, 6.45) is 1.83. The largest absolute Gasteiger partial charge is 0.304 e. The Morgan fingerprint density at radius 1 is 0.969 bits per heavy atom. The third kappa shape index (κ3) is 7.42. The Morgan fingerprint density at radius 2 is 1.53 bits per heavy atom. The molecule has 5 heteroatoms. The molecule has 3 rings (SSSR count). The molecule has 1 radical (unpaired) electrons. The van der Waals surface area contributed by atoms with Crippen molar-refractivity contribution in [3.05, 3.63) is 66.1 Å². The quantitative estimate of drug-likeness (QED) is 0.243. The zero-order valence-electron chi connectivity index (χ0n) is 19.8. The van der Waals surface area contributed by atoms with Gasteiger partial charge in [0.25, 0.3) is 0 Å². The zero-order valence-corrected chi connectivity index (χ0v) is 22.2. The van der Waals surface area contributed by atoms with Crippen LogP contribution in [0.1, 0.15) is 53.5 Å². The molecule has 0 amide bonds. The van der Waals surface area contributed by atoms with E-state index in [0.717, 1.165) is 22.0 Å². The molecule has 32 heavy (non-hydrogen) atoms. The van der Waals surface area contributed by atoms with E-state index >= 15 is 0 Å². The summed E-state index contributed by atoms with van der Waals surface area (Å²) >= 11 is 0. The average Bonchev–Trinajstić information content (AvgIpc) is 2.68. The van der Waals surface area contributed by atoms with E-state index in [-0.39, 0.29) is 43.9 Å². The van der Waals surface area contributed by atoms with Gasteiger partial charge in [0.05, 0.1) is 6.42 Å². The summed E-state index contributed by atoms with van der Waals surface area (Å²) in [7, 11) is 0. The van der Waals surface area contributed by atoms with Crippen LogP contribution in [0.3, 0.4) is 0 Å². The van der Waals surface area contributed by atoms with Crippen LogP contribution in [0.15, 0.2) is 48.7 Å². The Labute approximate surface area is 204 Å². The number of benzene rings is 2. The van der Waals surface area contributed by atoms with E-state index in [1.807, 2.05) is 71.9 Å². The molecule has 3 aromatic rings. The zero-order chi connectivity index (χ0) is 23.4. The Bertz CT molecular complexity index is 1070. The third-order valence-electron chi connectivity index (χ3n) is 5.01. The van der Waals surface area contributed by atoms with Gasteiger partial charge in [-0.05, 0) is 22.5 Å². The van der Waals surface area contributed by atoms with Gasteiger partial charge in [0.15, 0.2) is 0 Å². The second-order valence-corrected chi connectivity index (χ2v) is 9.78. The van der Waals surface area contributed by atoms with Gasteiger partial charge in [0.1, 0.15) is 11.6 Å². The predicted molar refractivity (Wildman–Crippen MR) is 124 cm³/mol. The minimum atomic E-state index is -0.402. The number of aromatic nitrogens is 1. The van der Waals surface area contributed by atoms with Crippen molar-refractivity contribution < 1.29 is 34.1 Å². The SMILES string of the molecule is CC(C)(C)C(=O)CC(=O)C(C)(C)C.Cc1cc(-c2nccc3ccccc23)[c-]cc1F.[Ir]. The fourth-order valence-corrected chi connectivity index (χ4v) is 2.73. The van der Waals surface area contributed by atoms with Crippen LogP contribution in [0.25, 0.3) is 22.0 Å². The normalized spacial score (nSPS) is 11.2. The fraction of sp³-hybridized carbons (Fsp3) is 0.370. The number of carbonyl (C=O) groups excluding carboxylic acids is 2. The van der Waals surface area contributed by atoms with Crippen molar-refractivity contribution in [3.8, 4) is 11.3 Å². The Balaban J connectivity index is 0.000000330. The molecule has 0 bridgehead atoms. The second-order valence-electron chi connectivity index (χ2n) is 9.78. The number of hydrogen-bond acceptors (Lipinski definition) is 3. The van der Waals surface area contributed by atoms with E-state index in [1.165, 1.54) is 6.07 Å². The van der Waals surface area contributed by atoms with Crippen LogP contribution in [-0.4, -0.2) is 16.6 Å². The Morgan fingerprint density at radius 3 is 2.06 bits per heavy atom. The molecule has 0 spiro atoms. The second kappa shape index (κ2) is 11.1. The summed E-state index contributed by atoms with van der Waals surface area (Å²) in [5.41, 5.74) is 1.47. The van der Waals surface area contributed by atoms with Gasteiger partial charge in [0, 0.05) is 42.9 Å². The molecule has 0 saturated carbocycles. The third-order valence-corrected chi connectivity index (χ3v) is 5.01. The van der Waals surface area contributed by atoms with E-state index in [1.54, 1.807) is 19.2 Å². The molecular weight excluding hydrogens is 582 g/mol. The summed E-state index contributed by atoms with van der Waals surface area (Å²) in [5.74, 6) is -0.196. The summed E-state index contributed by atoms with van der Waals surface area (Å²) in [6.45, 7) is 12.8. The maximum atomic E-state index is 13.3. The maximum Gasteiger partial charge on any atom is 0.145 e. The van der Waals surface area contributed by atoms with Crippen molar-refractivity contribution in [1.29, 1.82) is 0 Å². The summed E-state index contributed by atoms with van der Waals surface area (Å²) in [4.78, 5) is 27.4. The van der Waals surface area contributed by atoms with Crippen LogP contribution < -0.4 is 0 Å². The fourth-order valence-electron chi connectivity index (χ4n) is 2.73. The topological polar surface area (TPSA) is 47.0 Å². The van der Waals surface area contributed by atoms with Crippen molar-refractivity contribution >= 4 is 22.3 Å². The van der Waals surface area contributed by atoms with Crippen LogP contribution in [0.5, 0.6) is 0 Å². The maximum absolute atomic E-state index is 13.3. The number of halogens is 1. The molecule has 3 nitrogen and oxygen atoms in total. The first-order valence-corrected chi connectivity index (χ1v) is 10.4. The summed E-state index contributed by atoms with van der Waals surface area (Å²) in [5, 5.41) is 2.18. The van der Waals surface area contributed by atoms with Gasteiger partial charge >= 0.3 is 0 Å².